The summed E-state index contributed by atoms with van der Waals surface area (Å²) < 4.78 is 5.27. The molecule has 0 saturated carbocycles. The van der Waals surface area contributed by atoms with Gasteiger partial charge in [0.05, 0.1) is 0 Å². The molecule has 0 aliphatic carbocycles. The van der Waals surface area contributed by atoms with Gasteiger partial charge < -0.3 is 4.74 Å². The van der Waals surface area contributed by atoms with Gasteiger partial charge in [0, 0.05) is 28.9 Å². The molecule has 0 saturated heterocycles. The molecular weight excluding hydrogens is 282 g/mol. The third kappa shape index (κ3) is 2.47. The van der Waals surface area contributed by atoms with Crippen LogP contribution in [-0.4, -0.2) is 11.0 Å². The highest BCUT2D eigenvalue weighted by Crippen LogP contribution is 2.30. The lowest BCUT2D eigenvalue weighted by Crippen LogP contribution is -2.05. The Morgan fingerprint density at radius 2 is 2.06 bits per heavy atom. The average Bonchev–Trinajstić information content (AvgIpc) is 2.29. The summed E-state index contributed by atoms with van der Waals surface area (Å²) in [7, 11) is 0. The molecule has 1 aromatic carbocycles. The molecule has 1 aromatic heterocycles. The lowest BCUT2D eigenvalue weighted by atomic mass is 10.1. The Hall–Kier alpha value is -1.42. The van der Waals surface area contributed by atoms with Gasteiger partial charge in [-0.15, -0.1) is 0 Å². The maximum Gasteiger partial charge on any atom is 0.308 e. The highest BCUT2D eigenvalue weighted by atomic mass is 79.9. The van der Waals surface area contributed by atoms with Crippen molar-refractivity contribution in [1.29, 1.82) is 0 Å². The van der Waals surface area contributed by atoms with Crippen molar-refractivity contribution in [2.24, 2.45) is 0 Å². The van der Waals surface area contributed by atoms with Crippen molar-refractivity contribution in [2.75, 3.05) is 0 Å². The highest BCUT2D eigenvalue weighted by molar-refractivity contribution is 9.08. The zero-order valence-electron chi connectivity index (χ0n) is 9.66. The number of halogens is 1. The fourth-order valence-corrected chi connectivity index (χ4v) is 2.11. The van der Waals surface area contributed by atoms with Gasteiger partial charge in [-0.2, -0.15) is 0 Å². The number of carbonyl (C=O) groups is 1. The molecule has 0 bridgehead atoms. The Labute approximate surface area is 108 Å². The number of nitrogens with zero attached hydrogens (tertiary/aromatic N) is 1. The van der Waals surface area contributed by atoms with Gasteiger partial charge in [-0.25, -0.2) is 4.98 Å². The van der Waals surface area contributed by atoms with Gasteiger partial charge in [-0.05, 0) is 13.0 Å². The monoisotopic (exact) mass is 293 g/mol. The molecule has 0 aliphatic rings. The predicted molar refractivity (Wildman–Crippen MR) is 70.4 cm³/mol. The lowest BCUT2D eigenvalue weighted by Gasteiger charge is -2.10. The van der Waals surface area contributed by atoms with Crippen molar-refractivity contribution >= 4 is 32.8 Å². The Morgan fingerprint density at radius 1 is 1.35 bits per heavy atom. The second-order valence-electron chi connectivity index (χ2n) is 3.81. The summed E-state index contributed by atoms with van der Waals surface area (Å²) in [5, 5.41) is 1.60. The number of alkyl halides is 1. The summed E-state index contributed by atoms with van der Waals surface area (Å²) in [5.74, 6) is 0.221. The van der Waals surface area contributed by atoms with Crippen LogP contribution in [0.1, 0.15) is 18.2 Å². The summed E-state index contributed by atoms with van der Waals surface area (Å²) in [6.07, 6.45) is 0. The normalized spacial score (nSPS) is 10.5. The first-order valence-corrected chi connectivity index (χ1v) is 6.37. The van der Waals surface area contributed by atoms with Gasteiger partial charge in [-0.3, -0.25) is 4.79 Å². The number of esters is 1. The molecule has 3 nitrogen and oxygen atoms in total. The molecule has 0 N–H and O–H groups in total. The van der Waals surface area contributed by atoms with Crippen molar-refractivity contribution in [3.8, 4) is 5.75 Å². The predicted octanol–water partition coefficient (Wildman–Crippen LogP) is 3.36. The van der Waals surface area contributed by atoms with Crippen LogP contribution in [0.25, 0.3) is 10.9 Å². The minimum atomic E-state index is -0.331. The van der Waals surface area contributed by atoms with E-state index in [0.717, 1.165) is 22.2 Å². The van der Waals surface area contributed by atoms with Crippen LogP contribution < -0.4 is 4.74 Å². The van der Waals surface area contributed by atoms with Crippen molar-refractivity contribution in [2.45, 2.75) is 19.2 Å². The third-order valence-electron chi connectivity index (χ3n) is 2.43. The van der Waals surface area contributed by atoms with Crippen molar-refractivity contribution in [3.05, 3.63) is 35.5 Å². The van der Waals surface area contributed by atoms with E-state index in [9.17, 15) is 4.79 Å². The van der Waals surface area contributed by atoms with Gasteiger partial charge in [0.25, 0.3) is 0 Å². The van der Waals surface area contributed by atoms with E-state index in [1.165, 1.54) is 6.92 Å². The van der Waals surface area contributed by atoms with Crippen molar-refractivity contribution in [1.82, 2.24) is 4.98 Å². The molecule has 0 fully saturated rings. The summed E-state index contributed by atoms with van der Waals surface area (Å²) in [4.78, 5) is 15.6. The molecule has 88 valence electrons. The number of rotatable bonds is 2. The van der Waals surface area contributed by atoms with E-state index in [0.29, 0.717) is 11.1 Å². The lowest BCUT2D eigenvalue weighted by molar-refractivity contribution is -0.131. The Kier molecular flexibility index (Phi) is 3.43. The fraction of sp³-hybridized carbons (Fsp3) is 0.231. The third-order valence-corrected chi connectivity index (χ3v) is 3.03. The van der Waals surface area contributed by atoms with Gasteiger partial charge >= 0.3 is 5.97 Å². The van der Waals surface area contributed by atoms with E-state index < -0.39 is 0 Å². The highest BCUT2D eigenvalue weighted by Gasteiger charge is 2.11. The van der Waals surface area contributed by atoms with Gasteiger partial charge in [0.1, 0.15) is 5.52 Å². The van der Waals surface area contributed by atoms with E-state index >= 15 is 0 Å². The summed E-state index contributed by atoms with van der Waals surface area (Å²) in [5.41, 5.74) is 2.56. The molecule has 0 atom stereocenters. The van der Waals surface area contributed by atoms with Crippen LogP contribution in [0.3, 0.4) is 0 Å². The first-order valence-electron chi connectivity index (χ1n) is 5.25. The molecule has 2 rings (SSSR count). The van der Waals surface area contributed by atoms with Gasteiger partial charge in [0.2, 0.25) is 0 Å². The van der Waals surface area contributed by atoms with E-state index in [1.54, 1.807) is 0 Å². The second kappa shape index (κ2) is 4.84. The summed E-state index contributed by atoms with van der Waals surface area (Å²) in [6.45, 7) is 3.31. The van der Waals surface area contributed by atoms with Crippen LogP contribution in [0.4, 0.5) is 0 Å². The summed E-state index contributed by atoms with van der Waals surface area (Å²) >= 11 is 3.38. The zero-order chi connectivity index (χ0) is 12.4. The second-order valence-corrected chi connectivity index (χ2v) is 4.37. The van der Waals surface area contributed by atoms with Gasteiger partial charge in [-0.1, -0.05) is 34.1 Å². The Balaban J connectivity index is 2.71. The molecule has 4 heteroatoms. The van der Waals surface area contributed by atoms with Crippen LogP contribution in [0.5, 0.6) is 5.75 Å². The number of benzene rings is 1. The zero-order valence-corrected chi connectivity index (χ0v) is 11.2. The molecule has 0 unspecified atom stereocenters. The molecular formula is C13H12BrNO2. The summed E-state index contributed by atoms with van der Waals surface area (Å²) in [6, 6.07) is 7.83. The van der Waals surface area contributed by atoms with E-state index in [1.807, 2.05) is 31.2 Å². The quantitative estimate of drug-likeness (QED) is 0.484. The number of fused-ring (bicyclic) bond motifs is 1. The molecule has 1 heterocycles. The molecule has 0 amide bonds. The molecule has 17 heavy (non-hydrogen) atoms. The van der Waals surface area contributed by atoms with Crippen LogP contribution in [0, 0.1) is 6.92 Å². The SMILES string of the molecule is CC(=O)Oc1c(CBr)ccc2ccc(C)nc12. The number of hydrogen-bond donors (Lipinski definition) is 0. The maximum absolute atomic E-state index is 11.1. The van der Waals surface area contributed by atoms with Crippen LogP contribution >= 0.6 is 15.9 Å². The van der Waals surface area contributed by atoms with E-state index in [-0.39, 0.29) is 5.97 Å². The molecule has 0 radical (unpaired) electrons. The Bertz CT molecular complexity index is 581. The number of hydrogen-bond acceptors (Lipinski definition) is 3. The smallest absolute Gasteiger partial charge is 0.308 e. The minimum absolute atomic E-state index is 0.331. The number of ether oxygens (including phenoxy) is 1. The number of carbonyl (C=O) groups excluding carboxylic acids is 1. The maximum atomic E-state index is 11.1. The molecule has 2 aromatic rings. The first kappa shape index (κ1) is 12.0. The standard InChI is InChI=1S/C13H12BrNO2/c1-8-3-4-10-5-6-11(7-14)13(12(10)15-8)17-9(2)16/h3-6H,7H2,1-2H3. The Morgan fingerprint density at radius 3 is 2.71 bits per heavy atom. The van der Waals surface area contributed by atoms with Gasteiger partial charge in [0.15, 0.2) is 5.75 Å². The first-order chi connectivity index (χ1) is 8.11. The number of pyridine rings is 1. The van der Waals surface area contributed by atoms with Crippen LogP contribution in [-0.2, 0) is 10.1 Å². The average molecular weight is 294 g/mol. The van der Waals surface area contributed by atoms with E-state index in [4.69, 9.17) is 4.74 Å². The largest absolute Gasteiger partial charge is 0.424 e. The number of aromatic nitrogens is 1. The van der Waals surface area contributed by atoms with Crippen LogP contribution in [0.2, 0.25) is 0 Å². The van der Waals surface area contributed by atoms with E-state index in [2.05, 4.69) is 20.9 Å². The fourth-order valence-electron chi connectivity index (χ4n) is 1.66. The molecule has 0 aliphatic heterocycles. The van der Waals surface area contributed by atoms with Crippen molar-refractivity contribution < 1.29 is 9.53 Å². The van der Waals surface area contributed by atoms with Crippen molar-refractivity contribution in [3.63, 3.8) is 0 Å². The topological polar surface area (TPSA) is 39.2 Å². The van der Waals surface area contributed by atoms with Crippen LogP contribution in [0.15, 0.2) is 24.3 Å². The molecule has 0 spiro atoms. The minimum Gasteiger partial charge on any atom is -0.424 e. The number of aryl methyl sites for hydroxylation is 1.